The van der Waals surface area contributed by atoms with E-state index in [0.717, 1.165) is 12.8 Å². The second-order valence-corrected chi connectivity index (χ2v) is 9.36. The van der Waals surface area contributed by atoms with Gasteiger partial charge in [0.25, 0.3) is 17.1 Å². The van der Waals surface area contributed by atoms with Crippen molar-refractivity contribution in [2.24, 2.45) is 0 Å². The first-order chi connectivity index (χ1) is 20.4. The fourth-order valence-corrected chi connectivity index (χ4v) is 4.74. The van der Waals surface area contributed by atoms with Gasteiger partial charge in [-0.05, 0) is 37.1 Å². The van der Waals surface area contributed by atoms with E-state index in [2.05, 4.69) is 0 Å². The lowest BCUT2D eigenvalue weighted by Gasteiger charge is -2.10. The van der Waals surface area contributed by atoms with Crippen LogP contribution in [0.2, 0.25) is 0 Å². The molecular formula is C30H29N3O9. The summed E-state index contributed by atoms with van der Waals surface area (Å²) in [4.78, 5) is 31.0. The van der Waals surface area contributed by atoms with Crippen LogP contribution in [0.25, 0.3) is 0 Å². The van der Waals surface area contributed by atoms with Gasteiger partial charge in [-0.2, -0.15) is 0 Å². The quantitative estimate of drug-likeness (QED) is 0.168. The molecule has 12 nitrogen and oxygen atoms in total. The van der Waals surface area contributed by atoms with Gasteiger partial charge >= 0.3 is 0 Å². The fraction of sp³-hybridized carbons (Fsp3) is 0.267. The molecule has 1 saturated heterocycles. The molecular weight excluding hydrogens is 546 g/mol. The normalized spacial score (nSPS) is 20.0. The molecule has 218 valence electrons. The van der Waals surface area contributed by atoms with Crippen LogP contribution < -0.4 is 0 Å². The molecule has 3 heterocycles. The van der Waals surface area contributed by atoms with Crippen LogP contribution >= 0.6 is 0 Å². The van der Waals surface area contributed by atoms with E-state index < -0.39 is 0 Å². The van der Waals surface area contributed by atoms with Crippen molar-refractivity contribution in [2.75, 3.05) is 13.2 Å². The largest absolute Gasteiger partial charge is 0.493 e. The van der Waals surface area contributed by atoms with Gasteiger partial charge in [0.15, 0.2) is 0 Å². The molecule has 3 aromatic rings. The maximum atomic E-state index is 10.7. The Morgan fingerprint density at radius 2 is 1.17 bits per heavy atom. The van der Waals surface area contributed by atoms with Gasteiger partial charge in [0.2, 0.25) is 0 Å². The van der Waals surface area contributed by atoms with E-state index in [-0.39, 0.29) is 50.1 Å². The maximum absolute atomic E-state index is 10.7. The average Bonchev–Trinajstić information content (AvgIpc) is 3.82. The molecule has 3 unspecified atom stereocenters. The molecule has 0 aromatic heterocycles. The van der Waals surface area contributed by atoms with E-state index >= 15 is 0 Å². The monoisotopic (exact) mass is 575 g/mol. The Balaban J connectivity index is 0.000000145. The molecule has 0 radical (unpaired) electrons. The van der Waals surface area contributed by atoms with Crippen LogP contribution in [-0.2, 0) is 14.2 Å². The van der Waals surface area contributed by atoms with E-state index in [4.69, 9.17) is 14.2 Å². The Labute approximate surface area is 241 Å². The van der Waals surface area contributed by atoms with Crippen molar-refractivity contribution in [3.05, 3.63) is 144 Å². The van der Waals surface area contributed by atoms with Crippen molar-refractivity contribution in [3.63, 3.8) is 0 Å². The third-order valence-electron chi connectivity index (χ3n) is 6.70. The van der Waals surface area contributed by atoms with Crippen LogP contribution in [-0.4, -0.2) is 28.0 Å². The zero-order valence-corrected chi connectivity index (χ0v) is 22.5. The third-order valence-corrected chi connectivity index (χ3v) is 6.70. The number of nitro groups is 3. The van der Waals surface area contributed by atoms with Gasteiger partial charge in [0.05, 0.1) is 50.4 Å². The molecule has 12 heteroatoms. The molecule has 0 aliphatic carbocycles. The molecule has 0 N–H and O–H groups in total. The first kappa shape index (κ1) is 30.0. The lowest BCUT2D eigenvalue weighted by Crippen LogP contribution is -2.00. The summed E-state index contributed by atoms with van der Waals surface area (Å²) in [6, 6.07) is 20.1. The minimum Gasteiger partial charge on any atom is -0.493 e. The number of rotatable bonds is 6. The molecule has 6 rings (SSSR count). The van der Waals surface area contributed by atoms with Crippen molar-refractivity contribution >= 4 is 17.1 Å². The second kappa shape index (κ2) is 14.6. The molecule has 0 saturated carbocycles. The lowest BCUT2D eigenvalue weighted by atomic mass is 10.1. The second-order valence-electron chi connectivity index (χ2n) is 9.36. The molecule has 3 aromatic carbocycles. The van der Waals surface area contributed by atoms with Crippen molar-refractivity contribution < 1.29 is 29.0 Å². The van der Waals surface area contributed by atoms with Gasteiger partial charge in [0.1, 0.15) is 12.2 Å². The summed E-state index contributed by atoms with van der Waals surface area (Å²) < 4.78 is 16.0. The van der Waals surface area contributed by atoms with Crippen molar-refractivity contribution in [1.29, 1.82) is 0 Å². The maximum Gasteiger partial charge on any atom is 0.276 e. The van der Waals surface area contributed by atoms with Crippen LogP contribution in [0.5, 0.6) is 0 Å². The highest BCUT2D eigenvalue weighted by Gasteiger charge is 2.25. The highest BCUT2D eigenvalue weighted by Crippen LogP contribution is 2.35. The molecule has 3 aliphatic heterocycles. The van der Waals surface area contributed by atoms with E-state index in [1.54, 1.807) is 54.8 Å². The predicted octanol–water partition coefficient (Wildman–Crippen LogP) is 7.24. The van der Waals surface area contributed by atoms with Gasteiger partial charge in [-0.1, -0.05) is 48.6 Å². The minimum atomic E-state index is -0.384. The third kappa shape index (κ3) is 7.62. The van der Waals surface area contributed by atoms with E-state index in [1.807, 2.05) is 24.3 Å². The number of para-hydroxylation sites is 3. The van der Waals surface area contributed by atoms with Crippen molar-refractivity contribution in [3.8, 4) is 0 Å². The van der Waals surface area contributed by atoms with Crippen molar-refractivity contribution in [2.45, 2.75) is 37.6 Å². The molecule has 0 bridgehead atoms. The van der Waals surface area contributed by atoms with Gasteiger partial charge in [-0.15, -0.1) is 0 Å². The zero-order chi connectivity index (χ0) is 29.9. The number of hydrogen-bond acceptors (Lipinski definition) is 9. The molecule has 1 fully saturated rings. The number of hydrogen-bond donors (Lipinski definition) is 0. The summed E-state index contributed by atoms with van der Waals surface area (Å²) >= 11 is 0. The standard InChI is InChI=1S/C10H11NO3.2C10H9NO3/c3*12-11(13)9-5-2-1-4-8(9)10-6-3-7-14-10/h1-2,4-5,10H,3,6-7H2;1-5,7,10H,6H2;1-6,10H,7H2. The molecule has 42 heavy (non-hydrogen) atoms. The fourth-order valence-electron chi connectivity index (χ4n) is 4.74. The van der Waals surface area contributed by atoms with Crippen molar-refractivity contribution in [1.82, 2.24) is 0 Å². The van der Waals surface area contributed by atoms with Gasteiger partial charge < -0.3 is 14.2 Å². The molecule has 0 amide bonds. The SMILES string of the molecule is O=[N+]([O-])c1ccccc1C1C=CCO1.O=[N+]([O-])c1ccccc1C1CC=CO1.O=[N+]([O-])c1ccccc1C1CCCO1. The predicted molar refractivity (Wildman–Crippen MR) is 153 cm³/mol. The molecule has 3 aliphatic rings. The van der Waals surface area contributed by atoms with Crippen LogP contribution in [0.15, 0.2) is 97.3 Å². The number of nitro benzene ring substituents is 3. The van der Waals surface area contributed by atoms with Crippen LogP contribution in [0.1, 0.15) is 54.3 Å². The first-order valence-electron chi connectivity index (χ1n) is 13.3. The summed E-state index contributed by atoms with van der Waals surface area (Å²) in [7, 11) is 0. The summed E-state index contributed by atoms with van der Waals surface area (Å²) in [6.45, 7) is 1.23. The average molecular weight is 576 g/mol. The Hall–Kier alpha value is -4.94. The van der Waals surface area contributed by atoms with Gasteiger partial charge in [0, 0.05) is 31.2 Å². The summed E-state index contributed by atoms with van der Waals surface area (Å²) in [5.74, 6) is 0. The molecule has 3 atom stereocenters. The van der Waals surface area contributed by atoms with Crippen LogP contribution in [0.4, 0.5) is 17.1 Å². The highest BCUT2D eigenvalue weighted by molar-refractivity contribution is 5.44. The summed E-state index contributed by atoms with van der Waals surface area (Å²) in [6.07, 6.45) is 9.16. The van der Waals surface area contributed by atoms with Gasteiger partial charge in [-0.25, -0.2) is 0 Å². The Kier molecular flexibility index (Phi) is 10.5. The van der Waals surface area contributed by atoms with Gasteiger partial charge in [-0.3, -0.25) is 30.3 Å². The highest BCUT2D eigenvalue weighted by atomic mass is 16.6. The first-order valence-corrected chi connectivity index (χ1v) is 13.3. The van der Waals surface area contributed by atoms with Crippen LogP contribution in [0, 0.1) is 30.3 Å². The van der Waals surface area contributed by atoms with E-state index in [0.29, 0.717) is 36.3 Å². The minimum absolute atomic E-state index is 0.0865. The van der Waals surface area contributed by atoms with E-state index in [1.165, 1.54) is 18.2 Å². The summed E-state index contributed by atoms with van der Waals surface area (Å²) in [5, 5.41) is 32.1. The zero-order valence-electron chi connectivity index (χ0n) is 22.5. The lowest BCUT2D eigenvalue weighted by molar-refractivity contribution is -0.386. The van der Waals surface area contributed by atoms with E-state index in [9.17, 15) is 30.3 Å². The van der Waals surface area contributed by atoms with Crippen LogP contribution in [0.3, 0.4) is 0 Å². The Morgan fingerprint density at radius 3 is 1.62 bits per heavy atom. The Bertz CT molecular complexity index is 1400. The topological polar surface area (TPSA) is 157 Å². The summed E-state index contributed by atoms with van der Waals surface area (Å²) in [5.41, 5.74) is 2.37. The number of nitrogens with zero attached hydrogens (tertiary/aromatic N) is 3. The Morgan fingerprint density at radius 1 is 0.643 bits per heavy atom. The number of benzene rings is 3. The molecule has 0 spiro atoms. The smallest absolute Gasteiger partial charge is 0.276 e. The number of ether oxygens (including phenoxy) is 3.